The molecule has 7 nitrogen and oxygen atoms in total. The quantitative estimate of drug-likeness (QED) is 0.0837. The van der Waals surface area contributed by atoms with Crippen molar-refractivity contribution in [3.63, 3.8) is 0 Å². The SMILES string of the molecule is Cc1ccc(OCCc2ccc(CN3CCN(/C(=C/C=O)c4cc(C)c(Oc5ccc(OCc6ccccc6Cl)cn5)c(Cl)c4)CC3)cc2)cc1. The molecule has 0 amide bonds. The number of aldehydes is 1. The summed E-state index contributed by atoms with van der Waals surface area (Å²) in [5.41, 5.74) is 7.20. The zero-order valence-electron chi connectivity index (χ0n) is 28.9. The fourth-order valence-electron chi connectivity index (χ4n) is 5.99. The Balaban J connectivity index is 1.00. The van der Waals surface area contributed by atoms with Crippen LogP contribution in [0.5, 0.6) is 23.1 Å². The van der Waals surface area contributed by atoms with Gasteiger partial charge in [0.15, 0.2) is 5.75 Å². The van der Waals surface area contributed by atoms with Crippen LogP contribution in [0, 0.1) is 13.8 Å². The van der Waals surface area contributed by atoms with Crippen molar-refractivity contribution in [3.05, 3.63) is 153 Å². The van der Waals surface area contributed by atoms with Crippen LogP contribution in [0.3, 0.4) is 0 Å². The summed E-state index contributed by atoms with van der Waals surface area (Å²) in [6.45, 7) is 9.19. The highest BCUT2D eigenvalue weighted by Gasteiger charge is 2.22. The third-order valence-corrected chi connectivity index (χ3v) is 9.49. The highest BCUT2D eigenvalue weighted by atomic mass is 35.5. The standard InChI is InChI=1S/C42H41Cl2N3O4/c1-30-7-13-36(14-8-30)49-24-18-32-9-11-33(12-10-32)28-46-19-21-47(22-20-46)40(17-23-48)35-25-31(2)42(39(44)26-35)51-41-16-15-37(27-45-41)50-29-34-5-3-4-6-38(34)43/h3-17,23,25-27H,18-22,24,28-29H2,1-2H3/b40-17+. The summed E-state index contributed by atoms with van der Waals surface area (Å²) in [5, 5.41) is 1.09. The minimum atomic E-state index is 0.333. The van der Waals surface area contributed by atoms with Gasteiger partial charge in [-0.3, -0.25) is 9.69 Å². The lowest BCUT2D eigenvalue weighted by molar-refractivity contribution is -0.104. The number of hydrogen-bond acceptors (Lipinski definition) is 7. The van der Waals surface area contributed by atoms with Crippen LogP contribution >= 0.6 is 23.2 Å². The normalized spacial score (nSPS) is 13.6. The molecular formula is C42H41Cl2N3O4. The third-order valence-electron chi connectivity index (χ3n) is 8.84. The number of benzene rings is 4. The predicted octanol–water partition coefficient (Wildman–Crippen LogP) is 9.36. The zero-order valence-corrected chi connectivity index (χ0v) is 30.4. The molecule has 51 heavy (non-hydrogen) atoms. The Morgan fingerprint density at radius 2 is 1.53 bits per heavy atom. The van der Waals surface area contributed by atoms with Crippen LogP contribution in [-0.2, 0) is 24.4 Å². The molecule has 0 atom stereocenters. The number of hydrogen-bond donors (Lipinski definition) is 0. The summed E-state index contributed by atoms with van der Waals surface area (Å²) in [6.07, 6.45) is 4.92. The minimum Gasteiger partial charge on any atom is -0.493 e. The van der Waals surface area contributed by atoms with E-state index in [4.69, 9.17) is 37.4 Å². The fraction of sp³-hybridized carbons (Fsp3) is 0.238. The van der Waals surface area contributed by atoms with Crippen molar-refractivity contribution in [2.75, 3.05) is 32.8 Å². The molecular weight excluding hydrogens is 681 g/mol. The van der Waals surface area contributed by atoms with Crippen LogP contribution in [0.1, 0.15) is 33.4 Å². The average molecular weight is 723 g/mol. The smallest absolute Gasteiger partial charge is 0.219 e. The second-order valence-electron chi connectivity index (χ2n) is 12.6. The summed E-state index contributed by atoms with van der Waals surface area (Å²) in [5.74, 6) is 2.40. The van der Waals surface area contributed by atoms with E-state index in [1.54, 1.807) is 24.4 Å². The molecule has 0 spiro atoms. The largest absolute Gasteiger partial charge is 0.493 e. The lowest BCUT2D eigenvalue weighted by atomic mass is 10.1. The van der Waals surface area contributed by atoms with Gasteiger partial charge >= 0.3 is 0 Å². The molecule has 1 fully saturated rings. The van der Waals surface area contributed by atoms with E-state index in [1.165, 1.54) is 16.7 Å². The van der Waals surface area contributed by atoms with Gasteiger partial charge in [0.1, 0.15) is 24.4 Å². The Morgan fingerprint density at radius 1 is 0.804 bits per heavy atom. The van der Waals surface area contributed by atoms with E-state index in [9.17, 15) is 4.79 Å². The first-order valence-corrected chi connectivity index (χ1v) is 17.8. The maximum Gasteiger partial charge on any atom is 0.219 e. The maximum atomic E-state index is 11.8. The van der Waals surface area contributed by atoms with Gasteiger partial charge in [0.05, 0.1) is 17.8 Å². The first-order valence-electron chi connectivity index (χ1n) is 17.1. The van der Waals surface area contributed by atoms with Crippen LogP contribution in [0.4, 0.5) is 0 Å². The van der Waals surface area contributed by atoms with Gasteiger partial charge in [-0.2, -0.15) is 0 Å². The lowest BCUT2D eigenvalue weighted by Gasteiger charge is -2.37. The molecule has 1 saturated heterocycles. The van der Waals surface area contributed by atoms with Crippen LogP contribution < -0.4 is 14.2 Å². The third kappa shape index (κ3) is 9.91. The Kier molecular flexibility index (Phi) is 12.3. The summed E-state index contributed by atoms with van der Waals surface area (Å²) < 4.78 is 17.8. The number of ether oxygens (including phenoxy) is 3. The van der Waals surface area contributed by atoms with Crippen LogP contribution in [0.2, 0.25) is 10.0 Å². The number of aryl methyl sites for hydroxylation is 2. The molecule has 5 aromatic rings. The van der Waals surface area contributed by atoms with E-state index < -0.39 is 0 Å². The summed E-state index contributed by atoms with van der Waals surface area (Å²) in [4.78, 5) is 20.9. The number of pyridine rings is 1. The Morgan fingerprint density at radius 3 is 2.22 bits per heavy atom. The van der Waals surface area contributed by atoms with Crippen molar-refractivity contribution < 1.29 is 19.0 Å². The van der Waals surface area contributed by atoms with Crippen molar-refractivity contribution in [1.29, 1.82) is 0 Å². The van der Waals surface area contributed by atoms with Gasteiger partial charge in [0, 0.05) is 67.6 Å². The molecule has 0 radical (unpaired) electrons. The molecule has 1 aliphatic rings. The molecule has 9 heteroatoms. The molecule has 0 saturated carbocycles. The number of piperazine rings is 1. The van der Waals surface area contributed by atoms with Crippen LogP contribution in [-0.4, -0.2) is 53.9 Å². The molecule has 1 aliphatic heterocycles. The van der Waals surface area contributed by atoms with Crippen LogP contribution in [0.25, 0.3) is 5.70 Å². The molecule has 0 N–H and O–H groups in total. The fourth-order valence-corrected chi connectivity index (χ4v) is 6.48. The Bertz CT molecular complexity index is 1920. The molecule has 4 aromatic carbocycles. The summed E-state index contributed by atoms with van der Waals surface area (Å²) >= 11 is 13.0. The minimum absolute atomic E-state index is 0.333. The molecule has 0 unspecified atom stereocenters. The number of carbonyl (C=O) groups excluding carboxylic acids is 1. The second-order valence-corrected chi connectivity index (χ2v) is 13.4. The van der Waals surface area contributed by atoms with Gasteiger partial charge in [0.2, 0.25) is 5.88 Å². The second kappa shape index (κ2) is 17.4. The highest BCUT2D eigenvalue weighted by Crippen LogP contribution is 2.36. The van der Waals surface area contributed by atoms with Gasteiger partial charge < -0.3 is 19.1 Å². The molecule has 6 rings (SSSR count). The van der Waals surface area contributed by atoms with E-state index in [0.29, 0.717) is 40.6 Å². The van der Waals surface area contributed by atoms with Crippen LogP contribution in [0.15, 0.2) is 109 Å². The van der Waals surface area contributed by atoms with E-state index in [1.807, 2.05) is 55.5 Å². The number of allylic oxidation sites excluding steroid dienone is 1. The molecule has 2 heterocycles. The number of nitrogens with zero attached hydrogens (tertiary/aromatic N) is 3. The van der Waals surface area contributed by atoms with Gasteiger partial charge in [-0.1, -0.05) is 83.4 Å². The van der Waals surface area contributed by atoms with Crippen molar-refractivity contribution in [2.45, 2.75) is 33.4 Å². The predicted molar refractivity (Wildman–Crippen MR) is 204 cm³/mol. The van der Waals surface area contributed by atoms with Gasteiger partial charge in [0.25, 0.3) is 0 Å². The van der Waals surface area contributed by atoms with E-state index in [2.05, 4.69) is 58.1 Å². The number of carbonyl (C=O) groups is 1. The molecule has 262 valence electrons. The van der Waals surface area contributed by atoms with Crippen molar-refractivity contribution in [2.24, 2.45) is 0 Å². The monoisotopic (exact) mass is 721 g/mol. The van der Waals surface area contributed by atoms with Crippen molar-refractivity contribution in [3.8, 4) is 23.1 Å². The maximum absolute atomic E-state index is 11.8. The first kappa shape index (κ1) is 36.0. The first-order chi connectivity index (χ1) is 24.8. The van der Waals surface area contributed by atoms with E-state index >= 15 is 0 Å². The highest BCUT2D eigenvalue weighted by molar-refractivity contribution is 6.32. The number of halogens is 2. The van der Waals surface area contributed by atoms with Crippen molar-refractivity contribution >= 4 is 35.2 Å². The Labute approximate surface area is 310 Å². The van der Waals surface area contributed by atoms with Gasteiger partial charge in [-0.05, 0) is 72.5 Å². The summed E-state index contributed by atoms with van der Waals surface area (Å²) in [6, 6.07) is 31.9. The van der Waals surface area contributed by atoms with Gasteiger partial charge in [-0.25, -0.2) is 4.98 Å². The molecule has 0 bridgehead atoms. The number of rotatable bonds is 14. The summed E-state index contributed by atoms with van der Waals surface area (Å²) in [7, 11) is 0. The molecule has 0 aliphatic carbocycles. The van der Waals surface area contributed by atoms with Crippen molar-refractivity contribution in [1.82, 2.24) is 14.8 Å². The van der Waals surface area contributed by atoms with Gasteiger partial charge in [-0.15, -0.1) is 0 Å². The number of aromatic nitrogens is 1. The lowest BCUT2D eigenvalue weighted by Crippen LogP contribution is -2.45. The topological polar surface area (TPSA) is 64.1 Å². The average Bonchev–Trinajstić information content (AvgIpc) is 3.14. The molecule has 1 aromatic heterocycles. The Hall–Kier alpha value is -4.82. The van der Waals surface area contributed by atoms with E-state index in [0.717, 1.165) is 73.6 Å². The zero-order chi connectivity index (χ0) is 35.6. The van der Waals surface area contributed by atoms with E-state index in [-0.39, 0.29) is 0 Å².